The molecule has 1 aromatic carbocycles. The van der Waals surface area contributed by atoms with E-state index in [2.05, 4.69) is 10.2 Å². The Balaban J connectivity index is 1.55. The minimum Gasteiger partial charge on any atom is -0.493 e. The van der Waals surface area contributed by atoms with Crippen LogP contribution < -0.4 is 10.1 Å². The highest BCUT2D eigenvalue weighted by Gasteiger charge is 2.28. The summed E-state index contributed by atoms with van der Waals surface area (Å²) in [6.45, 7) is 4.55. The first-order chi connectivity index (χ1) is 10.6. The number of fused-ring (bicyclic) bond motifs is 1. The summed E-state index contributed by atoms with van der Waals surface area (Å²) in [7, 11) is 0. The lowest BCUT2D eigenvalue weighted by Gasteiger charge is -2.27. The van der Waals surface area contributed by atoms with Gasteiger partial charge in [0.15, 0.2) is 0 Å². The van der Waals surface area contributed by atoms with Crippen molar-refractivity contribution >= 4 is 5.91 Å². The van der Waals surface area contributed by atoms with E-state index in [1.165, 1.54) is 0 Å². The third-order valence-corrected chi connectivity index (χ3v) is 4.65. The Kier molecular flexibility index (Phi) is 4.64. The molecule has 0 bridgehead atoms. The van der Waals surface area contributed by atoms with E-state index in [0.29, 0.717) is 13.2 Å². The van der Waals surface area contributed by atoms with Gasteiger partial charge in [-0.3, -0.25) is 9.69 Å². The first kappa shape index (κ1) is 15.3. The molecule has 0 spiro atoms. The van der Waals surface area contributed by atoms with E-state index in [-0.39, 0.29) is 24.0 Å². The molecule has 0 aliphatic carbocycles. The van der Waals surface area contributed by atoms with Gasteiger partial charge >= 0.3 is 0 Å². The van der Waals surface area contributed by atoms with Crippen molar-refractivity contribution in [3.8, 4) is 5.75 Å². The molecule has 3 atom stereocenters. The average Bonchev–Trinajstić information content (AvgIpc) is 2.96. The Bertz CT molecular complexity index is 532. The van der Waals surface area contributed by atoms with Crippen molar-refractivity contribution in [1.82, 2.24) is 10.2 Å². The van der Waals surface area contributed by atoms with Gasteiger partial charge in [-0.1, -0.05) is 18.2 Å². The maximum Gasteiger partial charge on any atom is 0.234 e. The molecule has 5 heteroatoms. The fourth-order valence-electron chi connectivity index (χ4n) is 3.34. The third kappa shape index (κ3) is 3.42. The second-order valence-corrected chi connectivity index (χ2v) is 6.32. The molecule has 120 valence electrons. The number of nitrogens with one attached hydrogen (secondary N) is 1. The lowest BCUT2D eigenvalue weighted by atomic mass is 10.0. The molecule has 1 aromatic rings. The topological polar surface area (TPSA) is 61.8 Å². The van der Waals surface area contributed by atoms with Gasteiger partial charge in [0, 0.05) is 18.5 Å². The van der Waals surface area contributed by atoms with Gasteiger partial charge in [0.25, 0.3) is 0 Å². The number of amides is 1. The molecule has 0 saturated carbocycles. The van der Waals surface area contributed by atoms with Gasteiger partial charge in [0.2, 0.25) is 5.91 Å². The van der Waals surface area contributed by atoms with Crippen LogP contribution in [0, 0.1) is 5.92 Å². The Morgan fingerprint density at radius 3 is 3.05 bits per heavy atom. The standard InChI is InChI=1S/C17H24N2O3/c1-12(20)13-6-8-19(10-13)11-17(21)18-15-7-9-22-16-5-3-2-4-14(15)16/h2-5,12-13,15,20H,6-11H2,1H3,(H,18,21). The summed E-state index contributed by atoms with van der Waals surface area (Å²) in [6.07, 6.45) is 1.47. The largest absolute Gasteiger partial charge is 0.493 e. The average molecular weight is 304 g/mol. The second-order valence-electron chi connectivity index (χ2n) is 6.32. The quantitative estimate of drug-likeness (QED) is 0.881. The summed E-state index contributed by atoms with van der Waals surface area (Å²) in [5, 5.41) is 12.8. The molecule has 5 nitrogen and oxygen atoms in total. The van der Waals surface area contributed by atoms with Gasteiger partial charge < -0.3 is 15.2 Å². The summed E-state index contributed by atoms with van der Waals surface area (Å²) in [5.41, 5.74) is 1.06. The van der Waals surface area contributed by atoms with Crippen LogP contribution in [0.3, 0.4) is 0 Å². The molecule has 0 aromatic heterocycles. The Morgan fingerprint density at radius 2 is 2.27 bits per heavy atom. The predicted molar refractivity (Wildman–Crippen MR) is 83.7 cm³/mol. The first-order valence-electron chi connectivity index (χ1n) is 8.05. The number of aliphatic hydroxyl groups is 1. The number of hydrogen-bond acceptors (Lipinski definition) is 4. The number of para-hydroxylation sites is 1. The Hall–Kier alpha value is -1.59. The maximum absolute atomic E-state index is 12.3. The van der Waals surface area contributed by atoms with Crippen molar-refractivity contribution in [2.24, 2.45) is 5.92 Å². The molecule has 2 heterocycles. The van der Waals surface area contributed by atoms with E-state index in [9.17, 15) is 9.90 Å². The lowest BCUT2D eigenvalue weighted by Crippen LogP contribution is -2.39. The number of ether oxygens (including phenoxy) is 1. The number of likely N-dealkylation sites (tertiary alicyclic amines) is 1. The predicted octanol–water partition coefficient (Wildman–Crippen LogP) is 1.33. The molecule has 1 fully saturated rings. The number of rotatable bonds is 4. The van der Waals surface area contributed by atoms with Gasteiger partial charge in [0.1, 0.15) is 5.75 Å². The number of hydrogen-bond donors (Lipinski definition) is 2. The number of benzene rings is 1. The first-order valence-corrected chi connectivity index (χ1v) is 8.05. The molecular weight excluding hydrogens is 280 g/mol. The van der Waals surface area contributed by atoms with E-state index >= 15 is 0 Å². The van der Waals surface area contributed by atoms with Gasteiger partial charge in [-0.15, -0.1) is 0 Å². The van der Waals surface area contributed by atoms with Crippen molar-refractivity contribution in [1.29, 1.82) is 0 Å². The van der Waals surface area contributed by atoms with Crippen LogP contribution in [0.2, 0.25) is 0 Å². The van der Waals surface area contributed by atoms with Crippen molar-refractivity contribution in [3.63, 3.8) is 0 Å². The zero-order valence-corrected chi connectivity index (χ0v) is 13.0. The van der Waals surface area contributed by atoms with E-state index in [4.69, 9.17) is 4.74 Å². The number of nitrogens with zero attached hydrogens (tertiary/aromatic N) is 1. The molecule has 3 rings (SSSR count). The fraction of sp³-hybridized carbons (Fsp3) is 0.588. The van der Waals surface area contributed by atoms with Crippen LogP contribution in [-0.4, -0.2) is 48.3 Å². The highest BCUT2D eigenvalue weighted by Crippen LogP contribution is 2.31. The summed E-state index contributed by atoms with van der Waals surface area (Å²) in [6, 6.07) is 7.91. The second kappa shape index (κ2) is 6.67. The molecule has 2 N–H and O–H groups in total. The summed E-state index contributed by atoms with van der Waals surface area (Å²) in [4.78, 5) is 14.4. The fourth-order valence-corrected chi connectivity index (χ4v) is 3.34. The smallest absolute Gasteiger partial charge is 0.234 e. The van der Waals surface area contributed by atoms with Crippen LogP contribution in [0.4, 0.5) is 0 Å². The Morgan fingerprint density at radius 1 is 1.45 bits per heavy atom. The molecule has 22 heavy (non-hydrogen) atoms. The molecular formula is C17H24N2O3. The zero-order valence-electron chi connectivity index (χ0n) is 13.0. The molecule has 0 radical (unpaired) electrons. The third-order valence-electron chi connectivity index (χ3n) is 4.65. The minimum atomic E-state index is -0.296. The van der Waals surface area contributed by atoms with Crippen LogP contribution in [0.1, 0.15) is 31.4 Å². The Labute approximate surface area is 131 Å². The summed E-state index contributed by atoms with van der Waals surface area (Å²) >= 11 is 0. The normalized spacial score (nSPS) is 26.1. The molecule has 2 aliphatic heterocycles. The highest BCUT2D eigenvalue weighted by molar-refractivity contribution is 5.78. The summed E-state index contributed by atoms with van der Waals surface area (Å²) < 4.78 is 5.62. The minimum absolute atomic E-state index is 0.0348. The summed E-state index contributed by atoms with van der Waals surface area (Å²) in [5.74, 6) is 1.21. The van der Waals surface area contributed by atoms with Gasteiger partial charge in [-0.25, -0.2) is 0 Å². The van der Waals surface area contributed by atoms with Crippen LogP contribution >= 0.6 is 0 Å². The maximum atomic E-state index is 12.3. The van der Waals surface area contributed by atoms with E-state index in [0.717, 1.165) is 37.2 Å². The van der Waals surface area contributed by atoms with Gasteiger partial charge in [0.05, 0.1) is 25.3 Å². The molecule has 2 aliphatic rings. The van der Waals surface area contributed by atoms with Crippen molar-refractivity contribution in [2.75, 3.05) is 26.2 Å². The monoisotopic (exact) mass is 304 g/mol. The number of carbonyl (C=O) groups excluding carboxylic acids is 1. The van der Waals surface area contributed by atoms with E-state index in [1.807, 2.05) is 31.2 Å². The van der Waals surface area contributed by atoms with E-state index in [1.54, 1.807) is 0 Å². The zero-order chi connectivity index (χ0) is 15.5. The van der Waals surface area contributed by atoms with Crippen molar-refractivity contribution < 1.29 is 14.6 Å². The van der Waals surface area contributed by atoms with Gasteiger partial charge in [-0.2, -0.15) is 0 Å². The van der Waals surface area contributed by atoms with Crippen LogP contribution in [-0.2, 0) is 4.79 Å². The van der Waals surface area contributed by atoms with Crippen LogP contribution in [0.5, 0.6) is 5.75 Å². The lowest BCUT2D eigenvalue weighted by molar-refractivity contribution is -0.123. The van der Waals surface area contributed by atoms with Crippen molar-refractivity contribution in [2.45, 2.75) is 31.9 Å². The highest BCUT2D eigenvalue weighted by atomic mass is 16.5. The number of aliphatic hydroxyl groups excluding tert-OH is 1. The molecule has 3 unspecified atom stereocenters. The SMILES string of the molecule is CC(O)C1CCN(CC(=O)NC2CCOc3ccccc32)C1. The van der Waals surface area contributed by atoms with Crippen molar-refractivity contribution in [3.05, 3.63) is 29.8 Å². The van der Waals surface area contributed by atoms with Crippen LogP contribution in [0.25, 0.3) is 0 Å². The molecule has 1 saturated heterocycles. The molecule has 1 amide bonds. The van der Waals surface area contributed by atoms with E-state index < -0.39 is 0 Å². The van der Waals surface area contributed by atoms with Gasteiger partial charge in [-0.05, 0) is 31.9 Å². The van der Waals surface area contributed by atoms with Crippen LogP contribution in [0.15, 0.2) is 24.3 Å². The number of carbonyl (C=O) groups is 1.